The topological polar surface area (TPSA) is 45.0 Å². The molecule has 0 amide bonds. The number of nitriles is 1. The monoisotopic (exact) mass is 182 g/mol. The van der Waals surface area contributed by atoms with Gasteiger partial charge in [0.1, 0.15) is 5.54 Å². The third kappa shape index (κ3) is 2.98. The molecule has 1 N–H and O–H groups in total. The predicted octanol–water partition coefficient (Wildman–Crippen LogP) is 1.45. The van der Waals surface area contributed by atoms with Crippen LogP contribution in [0, 0.1) is 11.3 Å². The van der Waals surface area contributed by atoms with Gasteiger partial charge in [0.2, 0.25) is 0 Å². The molecule has 1 fully saturated rings. The standard InChI is InChI=1S/C10H18N2O/c1-9(2,3)12-10(8-11)4-6-13-7-5-10/h12H,4-7H2,1-3H3. The van der Waals surface area contributed by atoms with Crippen molar-refractivity contribution >= 4 is 0 Å². The molecule has 0 spiro atoms. The second-order valence-electron chi connectivity index (χ2n) is 4.68. The van der Waals surface area contributed by atoms with Gasteiger partial charge in [-0.15, -0.1) is 0 Å². The molecule has 0 unspecified atom stereocenters. The summed E-state index contributed by atoms with van der Waals surface area (Å²) in [5, 5.41) is 12.5. The van der Waals surface area contributed by atoms with Crippen LogP contribution in [-0.2, 0) is 4.74 Å². The molecule has 0 aromatic rings. The Morgan fingerprint density at radius 1 is 1.31 bits per heavy atom. The van der Waals surface area contributed by atoms with Gasteiger partial charge < -0.3 is 4.74 Å². The molecule has 0 atom stereocenters. The Balaban J connectivity index is 2.65. The maximum atomic E-state index is 9.14. The lowest BCUT2D eigenvalue weighted by Gasteiger charge is -2.37. The SMILES string of the molecule is CC(C)(C)NC1(C#N)CCOCC1. The fraction of sp³-hybridized carbons (Fsp3) is 0.900. The highest BCUT2D eigenvalue weighted by molar-refractivity contribution is 5.10. The molecule has 0 aromatic carbocycles. The maximum Gasteiger partial charge on any atom is 0.111 e. The van der Waals surface area contributed by atoms with Crippen LogP contribution < -0.4 is 5.32 Å². The quantitative estimate of drug-likeness (QED) is 0.667. The fourth-order valence-electron chi connectivity index (χ4n) is 1.70. The molecular weight excluding hydrogens is 164 g/mol. The number of hydrogen-bond acceptors (Lipinski definition) is 3. The van der Waals surface area contributed by atoms with Gasteiger partial charge in [0.15, 0.2) is 0 Å². The van der Waals surface area contributed by atoms with Crippen LogP contribution >= 0.6 is 0 Å². The lowest BCUT2D eigenvalue weighted by atomic mass is 9.89. The highest BCUT2D eigenvalue weighted by atomic mass is 16.5. The molecule has 1 aliphatic rings. The van der Waals surface area contributed by atoms with Crippen LogP contribution in [0.2, 0.25) is 0 Å². The van der Waals surface area contributed by atoms with Crippen molar-refractivity contribution in [1.82, 2.24) is 5.32 Å². The van der Waals surface area contributed by atoms with E-state index in [0.717, 1.165) is 12.8 Å². The van der Waals surface area contributed by atoms with E-state index in [4.69, 9.17) is 10.00 Å². The molecule has 0 radical (unpaired) electrons. The molecule has 0 bridgehead atoms. The first-order chi connectivity index (χ1) is 5.97. The van der Waals surface area contributed by atoms with E-state index in [0.29, 0.717) is 13.2 Å². The van der Waals surface area contributed by atoms with Crippen molar-refractivity contribution in [1.29, 1.82) is 5.26 Å². The number of nitrogens with one attached hydrogen (secondary N) is 1. The van der Waals surface area contributed by atoms with E-state index in [1.807, 2.05) is 0 Å². The predicted molar refractivity (Wildman–Crippen MR) is 51.3 cm³/mol. The summed E-state index contributed by atoms with van der Waals surface area (Å²) in [5.74, 6) is 0. The second-order valence-corrected chi connectivity index (χ2v) is 4.68. The number of hydrogen-bond donors (Lipinski definition) is 1. The minimum absolute atomic E-state index is 0.00687. The zero-order valence-electron chi connectivity index (χ0n) is 8.68. The second kappa shape index (κ2) is 3.65. The van der Waals surface area contributed by atoms with E-state index >= 15 is 0 Å². The summed E-state index contributed by atoms with van der Waals surface area (Å²) in [6.45, 7) is 7.64. The lowest BCUT2D eigenvalue weighted by Crippen LogP contribution is -2.55. The van der Waals surface area contributed by atoms with Crippen molar-refractivity contribution in [2.75, 3.05) is 13.2 Å². The highest BCUT2D eigenvalue weighted by Crippen LogP contribution is 2.22. The molecule has 0 aromatic heterocycles. The van der Waals surface area contributed by atoms with Crippen molar-refractivity contribution < 1.29 is 4.74 Å². The molecule has 1 rings (SSSR count). The Kier molecular flexibility index (Phi) is 2.94. The van der Waals surface area contributed by atoms with Crippen molar-refractivity contribution in [2.24, 2.45) is 0 Å². The van der Waals surface area contributed by atoms with Crippen LogP contribution in [0.15, 0.2) is 0 Å². The molecule has 13 heavy (non-hydrogen) atoms. The summed E-state index contributed by atoms with van der Waals surface area (Å²) in [7, 11) is 0. The summed E-state index contributed by atoms with van der Waals surface area (Å²) in [5.41, 5.74) is -0.371. The first kappa shape index (κ1) is 10.5. The van der Waals surface area contributed by atoms with Gasteiger partial charge in [-0.3, -0.25) is 5.32 Å². The summed E-state index contributed by atoms with van der Waals surface area (Å²) in [6, 6.07) is 2.38. The minimum Gasteiger partial charge on any atom is -0.381 e. The number of nitrogens with zero attached hydrogens (tertiary/aromatic N) is 1. The normalized spacial score (nSPS) is 22.3. The van der Waals surface area contributed by atoms with Crippen LogP contribution in [0.1, 0.15) is 33.6 Å². The van der Waals surface area contributed by atoms with E-state index in [1.165, 1.54) is 0 Å². The number of rotatable bonds is 1. The Morgan fingerprint density at radius 2 is 1.85 bits per heavy atom. The maximum absolute atomic E-state index is 9.14. The van der Waals surface area contributed by atoms with E-state index in [2.05, 4.69) is 32.2 Å². The Morgan fingerprint density at radius 3 is 2.23 bits per heavy atom. The first-order valence-corrected chi connectivity index (χ1v) is 4.76. The Labute approximate surface area is 80.1 Å². The van der Waals surface area contributed by atoms with E-state index in [1.54, 1.807) is 0 Å². The van der Waals surface area contributed by atoms with Crippen LogP contribution in [-0.4, -0.2) is 24.3 Å². The van der Waals surface area contributed by atoms with Gasteiger partial charge in [-0.25, -0.2) is 0 Å². The zero-order chi connectivity index (χ0) is 9.95. The van der Waals surface area contributed by atoms with Gasteiger partial charge in [0, 0.05) is 31.6 Å². The molecule has 1 aliphatic heterocycles. The fourth-order valence-corrected chi connectivity index (χ4v) is 1.70. The average Bonchev–Trinajstić information content (AvgIpc) is 2.03. The van der Waals surface area contributed by atoms with Crippen LogP contribution in [0.4, 0.5) is 0 Å². The minimum atomic E-state index is -0.365. The molecular formula is C10H18N2O. The van der Waals surface area contributed by atoms with Gasteiger partial charge in [-0.2, -0.15) is 5.26 Å². The summed E-state index contributed by atoms with van der Waals surface area (Å²) in [6.07, 6.45) is 1.58. The summed E-state index contributed by atoms with van der Waals surface area (Å²) >= 11 is 0. The van der Waals surface area contributed by atoms with E-state index < -0.39 is 0 Å². The summed E-state index contributed by atoms with van der Waals surface area (Å²) in [4.78, 5) is 0. The molecule has 0 aliphatic carbocycles. The zero-order valence-corrected chi connectivity index (χ0v) is 8.68. The van der Waals surface area contributed by atoms with Crippen molar-refractivity contribution in [3.8, 4) is 6.07 Å². The van der Waals surface area contributed by atoms with E-state index in [9.17, 15) is 0 Å². The highest BCUT2D eigenvalue weighted by Gasteiger charge is 2.35. The van der Waals surface area contributed by atoms with Crippen molar-refractivity contribution in [2.45, 2.75) is 44.7 Å². The van der Waals surface area contributed by atoms with E-state index in [-0.39, 0.29) is 11.1 Å². The molecule has 0 saturated carbocycles. The van der Waals surface area contributed by atoms with Gasteiger partial charge in [-0.05, 0) is 20.8 Å². The van der Waals surface area contributed by atoms with Gasteiger partial charge in [-0.1, -0.05) is 0 Å². The molecule has 1 heterocycles. The van der Waals surface area contributed by atoms with Crippen molar-refractivity contribution in [3.05, 3.63) is 0 Å². The number of ether oxygens (including phenoxy) is 1. The molecule has 3 heteroatoms. The van der Waals surface area contributed by atoms with Gasteiger partial charge in [0.25, 0.3) is 0 Å². The largest absolute Gasteiger partial charge is 0.381 e. The Hall–Kier alpha value is -0.590. The third-order valence-corrected chi connectivity index (χ3v) is 2.17. The Bertz CT molecular complexity index is 206. The molecule has 3 nitrogen and oxygen atoms in total. The van der Waals surface area contributed by atoms with Gasteiger partial charge >= 0.3 is 0 Å². The van der Waals surface area contributed by atoms with Crippen LogP contribution in [0.5, 0.6) is 0 Å². The van der Waals surface area contributed by atoms with Gasteiger partial charge in [0.05, 0.1) is 6.07 Å². The average molecular weight is 182 g/mol. The van der Waals surface area contributed by atoms with Crippen LogP contribution in [0.3, 0.4) is 0 Å². The molecule has 1 saturated heterocycles. The van der Waals surface area contributed by atoms with Crippen molar-refractivity contribution in [3.63, 3.8) is 0 Å². The summed E-state index contributed by atoms with van der Waals surface area (Å²) < 4.78 is 5.25. The first-order valence-electron chi connectivity index (χ1n) is 4.76. The third-order valence-electron chi connectivity index (χ3n) is 2.17. The smallest absolute Gasteiger partial charge is 0.111 e. The lowest BCUT2D eigenvalue weighted by molar-refractivity contribution is 0.0492. The van der Waals surface area contributed by atoms with Crippen LogP contribution in [0.25, 0.3) is 0 Å². The molecule has 74 valence electrons.